The second kappa shape index (κ2) is 10.8. The van der Waals surface area contributed by atoms with Gasteiger partial charge in [0.2, 0.25) is 0 Å². The van der Waals surface area contributed by atoms with Crippen LogP contribution in [-0.2, 0) is 6.42 Å². The number of benzene rings is 1. The summed E-state index contributed by atoms with van der Waals surface area (Å²) >= 11 is 0. The van der Waals surface area contributed by atoms with Gasteiger partial charge in [0.25, 0.3) is 0 Å². The molecule has 2 heterocycles. The van der Waals surface area contributed by atoms with Gasteiger partial charge in [0.1, 0.15) is 12.5 Å². The highest BCUT2D eigenvalue weighted by Gasteiger charge is 2.27. The third-order valence-electron chi connectivity index (χ3n) is 5.94. The third-order valence-corrected chi connectivity index (χ3v) is 9.31. The molecule has 0 spiro atoms. The summed E-state index contributed by atoms with van der Waals surface area (Å²) in [6, 6.07) is 9.55. The van der Waals surface area contributed by atoms with Crippen molar-refractivity contribution in [1.82, 2.24) is 15.3 Å². The number of hydrazine groups is 1. The Morgan fingerprint density at radius 3 is 2.13 bits per heavy atom. The Morgan fingerprint density at radius 1 is 1.00 bits per heavy atom. The predicted octanol–water partition coefficient (Wildman–Crippen LogP) is 4.82. The van der Waals surface area contributed by atoms with Crippen molar-refractivity contribution in [3.05, 3.63) is 41.2 Å². The molecule has 0 aromatic heterocycles. The smallest absolute Gasteiger partial charge is 0.126 e. The lowest BCUT2D eigenvalue weighted by atomic mass is 10.00. The molecule has 5 heteroatoms. The molecule has 2 aliphatic heterocycles. The van der Waals surface area contributed by atoms with E-state index in [1.807, 2.05) is 7.05 Å². The van der Waals surface area contributed by atoms with Gasteiger partial charge in [0.05, 0.1) is 0 Å². The molecule has 0 aliphatic carbocycles. The standard InChI is InChI=1S/C25H41N4P/c1-19(2)16-30(17-20(3)4)23-11-9-22(10-12-23)15-24-21(5)27-18-29(26-6)25(24)28-13-7-8-14-28/h9-12,19-20,26H,7-8,13-18H2,1-6H3. The van der Waals surface area contributed by atoms with E-state index in [4.69, 9.17) is 4.99 Å². The van der Waals surface area contributed by atoms with Gasteiger partial charge in [0, 0.05) is 37.8 Å². The summed E-state index contributed by atoms with van der Waals surface area (Å²) in [6.07, 6.45) is 6.19. The highest BCUT2D eigenvalue weighted by molar-refractivity contribution is 7.65. The molecule has 1 fully saturated rings. The summed E-state index contributed by atoms with van der Waals surface area (Å²) in [5, 5.41) is 3.78. The molecule has 0 saturated carbocycles. The maximum Gasteiger partial charge on any atom is 0.126 e. The molecule has 3 rings (SSSR count). The van der Waals surface area contributed by atoms with Crippen LogP contribution in [0.5, 0.6) is 0 Å². The first-order valence-electron chi connectivity index (χ1n) is 11.7. The Balaban J connectivity index is 1.83. The van der Waals surface area contributed by atoms with Gasteiger partial charge in [-0.15, -0.1) is 0 Å². The monoisotopic (exact) mass is 428 g/mol. The average molecular weight is 429 g/mol. The zero-order valence-corrected chi connectivity index (χ0v) is 20.8. The van der Waals surface area contributed by atoms with Crippen LogP contribution in [0.25, 0.3) is 0 Å². The molecule has 0 amide bonds. The lowest BCUT2D eigenvalue weighted by Gasteiger charge is -2.37. The van der Waals surface area contributed by atoms with Crippen LogP contribution in [0, 0.1) is 11.8 Å². The quantitative estimate of drug-likeness (QED) is 0.572. The fourth-order valence-corrected chi connectivity index (χ4v) is 7.44. The lowest BCUT2D eigenvalue weighted by molar-refractivity contribution is 0.185. The lowest BCUT2D eigenvalue weighted by Crippen LogP contribution is -2.45. The molecule has 30 heavy (non-hydrogen) atoms. The van der Waals surface area contributed by atoms with Gasteiger partial charge < -0.3 is 4.90 Å². The van der Waals surface area contributed by atoms with Crippen molar-refractivity contribution in [3.63, 3.8) is 0 Å². The second-order valence-corrected chi connectivity index (χ2v) is 11.9. The number of hydrogen-bond donors (Lipinski definition) is 1. The summed E-state index contributed by atoms with van der Waals surface area (Å²) in [6.45, 7) is 14.6. The Bertz CT molecular complexity index is 735. The minimum atomic E-state index is -0.0636. The first-order valence-corrected chi connectivity index (χ1v) is 13.4. The van der Waals surface area contributed by atoms with Crippen LogP contribution in [0.15, 0.2) is 40.7 Å². The molecule has 1 N–H and O–H groups in total. The Kier molecular flexibility index (Phi) is 8.36. The van der Waals surface area contributed by atoms with Crippen LogP contribution < -0.4 is 10.7 Å². The number of nitrogens with zero attached hydrogens (tertiary/aromatic N) is 3. The molecule has 4 nitrogen and oxygen atoms in total. The van der Waals surface area contributed by atoms with Crippen molar-refractivity contribution in [3.8, 4) is 0 Å². The van der Waals surface area contributed by atoms with Gasteiger partial charge in [-0.3, -0.25) is 10.0 Å². The minimum Gasteiger partial charge on any atom is -0.357 e. The van der Waals surface area contributed by atoms with Crippen LogP contribution in [-0.4, -0.2) is 54.8 Å². The number of aliphatic imine (C=N–C) groups is 1. The number of nitrogens with one attached hydrogen (secondary N) is 1. The van der Waals surface area contributed by atoms with Crippen LogP contribution in [0.3, 0.4) is 0 Å². The van der Waals surface area contributed by atoms with Crippen molar-refractivity contribution >= 4 is 18.9 Å². The molecule has 1 aromatic carbocycles. The summed E-state index contributed by atoms with van der Waals surface area (Å²) in [5.41, 5.74) is 7.31. The van der Waals surface area contributed by atoms with E-state index in [0.717, 1.165) is 31.3 Å². The highest BCUT2D eigenvalue weighted by Crippen LogP contribution is 2.39. The van der Waals surface area contributed by atoms with Gasteiger partial charge >= 0.3 is 0 Å². The van der Waals surface area contributed by atoms with Crippen molar-refractivity contribution in [2.24, 2.45) is 16.8 Å². The number of likely N-dealkylation sites (tertiary alicyclic amines) is 1. The van der Waals surface area contributed by atoms with Crippen molar-refractivity contribution in [2.75, 3.05) is 39.1 Å². The van der Waals surface area contributed by atoms with Gasteiger partial charge in [-0.05, 0) is 54.8 Å². The van der Waals surface area contributed by atoms with E-state index >= 15 is 0 Å². The van der Waals surface area contributed by atoms with Gasteiger partial charge in [-0.1, -0.05) is 59.9 Å². The average Bonchev–Trinajstić information content (AvgIpc) is 3.23. The molecule has 166 valence electrons. The summed E-state index contributed by atoms with van der Waals surface area (Å²) < 4.78 is 0. The van der Waals surface area contributed by atoms with E-state index in [1.165, 1.54) is 47.8 Å². The Hall–Kier alpha value is -1.38. The normalized spacial score (nSPS) is 17.7. The predicted molar refractivity (Wildman–Crippen MR) is 133 cm³/mol. The summed E-state index contributed by atoms with van der Waals surface area (Å²) in [7, 11) is 1.94. The van der Waals surface area contributed by atoms with E-state index in [1.54, 1.807) is 5.30 Å². The minimum absolute atomic E-state index is 0.0636. The maximum atomic E-state index is 4.79. The Labute approximate surface area is 185 Å². The molecule has 0 unspecified atom stereocenters. The summed E-state index contributed by atoms with van der Waals surface area (Å²) in [4.78, 5) is 7.34. The molecular formula is C25H41N4P. The molecule has 0 atom stereocenters. The van der Waals surface area contributed by atoms with Crippen LogP contribution in [0.1, 0.15) is 53.0 Å². The molecular weight excluding hydrogens is 387 g/mol. The fourth-order valence-electron chi connectivity index (χ4n) is 4.53. The van der Waals surface area contributed by atoms with E-state index in [2.05, 4.69) is 74.2 Å². The Morgan fingerprint density at radius 2 is 1.60 bits per heavy atom. The SMILES string of the molecule is CNN1CN=C(C)C(Cc2ccc(P(CC(C)C)CC(C)C)cc2)=C1N1CCCC1. The highest BCUT2D eigenvalue weighted by atomic mass is 31.1. The van der Waals surface area contributed by atoms with Crippen LogP contribution >= 0.6 is 7.92 Å². The zero-order valence-electron chi connectivity index (χ0n) is 19.9. The number of rotatable bonds is 9. The maximum absolute atomic E-state index is 4.79. The van der Waals surface area contributed by atoms with E-state index < -0.39 is 0 Å². The van der Waals surface area contributed by atoms with Crippen molar-refractivity contribution < 1.29 is 0 Å². The van der Waals surface area contributed by atoms with Crippen molar-refractivity contribution in [2.45, 2.75) is 53.9 Å². The first-order chi connectivity index (χ1) is 14.4. The van der Waals surface area contributed by atoms with Gasteiger partial charge in [-0.25, -0.2) is 5.43 Å². The van der Waals surface area contributed by atoms with Crippen LogP contribution in [0.2, 0.25) is 0 Å². The third kappa shape index (κ3) is 5.86. The van der Waals surface area contributed by atoms with E-state index in [9.17, 15) is 0 Å². The fraction of sp³-hybridized carbons (Fsp3) is 0.640. The number of hydrogen-bond acceptors (Lipinski definition) is 4. The second-order valence-electron chi connectivity index (χ2n) is 9.57. The molecule has 1 saturated heterocycles. The van der Waals surface area contributed by atoms with Crippen LogP contribution in [0.4, 0.5) is 0 Å². The molecule has 2 aliphatic rings. The van der Waals surface area contributed by atoms with Gasteiger partial charge in [-0.2, -0.15) is 0 Å². The summed E-state index contributed by atoms with van der Waals surface area (Å²) in [5.74, 6) is 2.86. The van der Waals surface area contributed by atoms with Crippen molar-refractivity contribution in [1.29, 1.82) is 0 Å². The molecule has 0 radical (unpaired) electrons. The molecule has 1 aromatic rings. The van der Waals surface area contributed by atoms with E-state index in [0.29, 0.717) is 6.67 Å². The number of allylic oxidation sites excluding steroid dienone is 1. The zero-order chi connectivity index (χ0) is 21.7. The molecule has 0 bridgehead atoms. The van der Waals surface area contributed by atoms with E-state index in [-0.39, 0.29) is 7.92 Å². The largest absolute Gasteiger partial charge is 0.357 e. The topological polar surface area (TPSA) is 30.9 Å². The first kappa shape index (κ1) is 23.3. The van der Waals surface area contributed by atoms with Gasteiger partial charge in [0.15, 0.2) is 0 Å².